The van der Waals surface area contributed by atoms with Crippen molar-refractivity contribution in [3.05, 3.63) is 53.8 Å². The molecule has 2 aromatic carbocycles. The molecular weight excluding hydrogens is 505 g/mol. The van der Waals surface area contributed by atoms with Crippen LogP contribution < -0.4 is 4.74 Å². The van der Waals surface area contributed by atoms with Crippen molar-refractivity contribution in [2.45, 2.75) is 12.5 Å². The lowest BCUT2D eigenvalue weighted by atomic mass is 10.1. The van der Waals surface area contributed by atoms with Gasteiger partial charge in [0, 0.05) is 61.9 Å². The first-order valence-electron chi connectivity index (χ1n) is 13.1. The van der Waals surface area contributed by atoms with Crippen LogP contribution >= 0.6 is 0 Å². The number of benzene rings is 2. The van der Waals surface area contributed by atoms with E-state index < -0.39 is 5.82 Å². The largest absolute Gasteiger partial charge is 0.488 e. The van der Waals surface area contributed by atoms with Crippen LogP contribution in [0.3, 0.4) is 0 Å². The summed E-state index contributed by atoms with van der Waals surface area (Å²) < 4.78 is 35.9. The van der Waals surface area contributed by atoms with Crippen molar-refractivity contribution in [3.63, 3.8) is 0 Å². The van der Waals surface area contributed by atoms with Gasteiger partial charge < -0.3 is 23.6 Å². The topological polar surface area (TPSA) is 106 Å². The van der Waals surface area contributed by atoms with E-state index in [1.54, 1.807) is 19.2 Å². The van der Waals surface area contributed by atoms with Gasteiger partial charge in [0.05, 0.1) is 31.4 Å². The summed E-state index contributed by atoms with van der Waals surface area (Å²) in [5.74, 6) is 0.0445. The molecule has 2 aliphatic rings. The minimum absolute atomic E-state index is 0.0321. The fourth-order valence-electron chi connectivity index (χ4n) is 4.98. The van der Waals surface area contributed by atoms with Crippen molar-refractivity contribution in [3.8, 4) is 28.5 Å². The number of amides is 1. The molecule has 4 heterocycles. The number of nitrogens with one attached hydrogen (secondary N) is 1. The Morgan fingerprint density at radius 2 is 1.95 bits per heavy atom. The molecule has 0 bridgehead atoms. The summed E-state index contributed by atoms with van der Waals surface area (Å²) in [6.45, 7) is 5.49. The summed E-state index contributed by atoms with van der Waals surface area (Å²) in [5.41, 5.74) is 3.08. The molecule has 0 saturated carbocycles. The second-order valence-corrected chi connectivity index (χ2v) is 9.77. The minimum Gasteiger partial charge on any atom is -0.488 e. The van der Waals surface area contributed by atoms with Crippen molar-refractivity contribution in [2.24, 2.45) is 0 Å². The molecule has 4 aromatic rings. The Bertz CT molecular complexity index is 1450. The van der Waals surface area contributed by atoms with Crippen molar-refractivity contribution in [2.75, 3.05) is 59.7 Å². The highest BCUT2D eigenvalue weighted by molar-refractivity contribution is 5.95. The van der Waals surface area contributed by atoms with Crippen LogP contribution in [0.2, 0.25) is 0 Å². The van der Waals surface area contributed by atoms with Crippen molar-refractivity contribution in [1.82, 2.24) is 25.2 Å². The third kappa shape index (κ3) is 5.25. The number of hydrogen-bond donors (Lipinski definition) is 1. The fourth-order valence-corrected chi connectivity index (χ4v) is 4.98. The molecule has 2 saturated heterocycles. The van der Waals surface area contributed by atoms with E-state index in [-0.39, 0.29) is 18.3 Å². The van der Waals surface area contributed by atoms with E-state index in [9.17, 15) is 9.18 Å². The zero-order valence-electron chi connectivity index (χ0n) is 21.7. The van der Waals surface area contributed by atoms with Crippen molar-refractivity contribution in [1.29, 1.82) is 0 Å². The average molecular weight is 536 g/mol. The maximum atomic E-state index is 14.6. The summed E-state index contributed by atoms with van der Waals surface area (Å²) in [5, 5.41) is 11.9. The van der Waals surface area contributed by atoms with Crippen LogP contribution in [0.5, 0.6) is 5.75 Å². The number of methoxy groups -OCH3 is 1. The van der Waals surface area contributed by atoms with Crippen LogP contribution in [0, 0.1) is 5.82 Å². The van der Waals surface area contributed by atoms with Gasteiger partial charge in [0.15, 0.2) is 17.3 Å². The average Bonchev–Trinajstić information content (AvgIpc) is 3.49. The molecule has 0 unspecified atom stereocenters. The Morgan fingerprint density at radius 3 is 2.72 bits per heavy atom. The van der Waals surface area contributed by atoms with Crippen LogP contribution in [-0.2, 0) is 9.47 Å². The van der Waals surface area contributed by atoms with E-state index >= 15 is 0 Å². The van der Waals surface area contributed by atoms with Gasteiger partial charge in [-0.05, 0) is 24.6 Å². The molecule has 0 spiro atoms. The van der Waals surface area contributed by atoms with E-state index in [4.69, 9.17) is 18.7 Å². The Kier molecular flexibility index (Phi) is 7.27. The van der Waals surface area contributed by atoms with Gasteiger partial charge in [0.1, 0.15) is 18.0 Å². The number of carbonyl (C=O) groups is 1. The zero-order chi connectivity index (χ0) is 26.8. The standard InChI is InChI=1S/C28H30FN5O5/c1-36-11-12-38-25-15-24-21(13-22(25)29)27(31-30-24)26-14-23(32-39-26)18-3-5-19(6-4-18)28(35)34-8-2-7-33(9-10-34)20-16-37-17-20/h3-6,13-15,20H,2,7-12,16-17H2,1H3,(H,30,31). The number of aromatic nitrogens is 3. The molecule has 0 atom stereocenters. The summed E-state index contributed by atoms with van der Waals surface area (Å²) in [4.78, 5) is 17.5. The Balaban J connectivity index is 1.14. The first-order valence-corrected chi connectivity index (χ1v) is 13.1. The SMILES string of the molecule is COCCOc1cc2[nH]nc(-c3cc(-c4ccc(C(=O)N5CCCN(C6COC6)CC5)cc4)no3)c2cc1F. The molecule has 1 N–H and O–H groups in total. The third-order valence-corrected chi connectivity index (χ3v) is 7.29. The summed E-state index contributed by atoms with van der Waals surface area (Å²) >= 11 is 0. The number of hydrogen-bond acceptors (Lipinski definition) is 8. The predicted molar refractivity (Wildman–Crippen MR) is 141 cm³/mol. The number of H-pyrrole nitrogens is 1. The van der Waals surface area contributed by atoms with Gasteiger partial charge in [0.2, 0.25) is 0 Å². The van der Waals surface area contributed by atoms with Crippen LogP contribution in [0.25, 0.3) is 33.6 Å². The Labute approximate surface area is 224 Å². The van der Waals surface area contributed by atoms with E-state index in [2.05, 4.69) is 20.3 Å². The highest BCUT2D eigenvalue weighted by Crippen LogP contribution is 2.33. The van der Waals surface area contributed by atoms with Gasteiger partial charge in [-0.3, -0.25) is 14.8 Å². The Hall–Kier alpha value is -3.80. The highest BCUT2D eigenvalue weighted by Gasteiger charge is 2.29. The molecule has 6 rings (SSSR count). The predicted octanol–water partition coefficient (Wildman–Crippen LogP) is 3.60. The maximum Gasteiger partial charge on any atom is 0.253 e. The van der Waals surface area contributed by atoms with Gasteiger partial charge >= 0.3 is 0 Å². The van der Waals surface area contributed by atoms with E-state index in [0.29, 0.717) is 52.8 Å². The van der Waals surface area contributed by atoms with Gasteiger partial charge in [0.25, 0.3) is 5.91 Å². The smallest absolute Gasteiger partial charge is 0.253 e. The molecule has 0 radical (unpaired) electrons. The van der Waals surface area contributed by atoms with Gasteiger partial charge in [-0.1, -0.05) is 17.3 Å². The molecule has 0 aliphatic carbocycles. The minimum atomic E-state index is -0.504. The zero-order valence-corrected chi connectivity index (χ0v) is 21.7. The van der Waals surface area contributed by atoms with Crippen molar-refractivity contribution < 1.29 is 27.9 Å². The number of rotatable bonds is 8. The second-order valence-electron chi connectivity index (χ2n) is 9.77. The van der Waals surface area contributed by atoms with Gasteiger partial charge in [-0.25, -0.2) is 4.39 Å². The number of fused-ring (bicyclic) bond motifs is 1. The number of ether oxygens (including phenoxy) is 3. The molecule has 39 heavy (non-hydrogen) atoms. The van der Waals surface area contributed by atoms with Crippen LogP contribution in [0.1, 0.15) is 16.8 Å². The number of carbonyl (C=O) groups excluding carboxylic acids is 1. The molecule has 2 aliphatic heterocycles. The third-order valence-electron chi connectivity index (χ3n) is 7.29. The summed E-state index contributed by atoms with van der Waals surface area (Å²) in [6, 6.07) is 12.5. The maximum absolute atomic E-state index is 14.6. The quantitative estimate of drug-likeness (QED) is 0.341. The van der Waals surface area contributed by atoms with Crippen LogP contribution in [0.4, 0.5) is 4.39 Å². The first kappa shape index (κ1) is 25.5. The first-order chi connectivity index (χ1) is 19.1. The number of halogens is 1. The van der Waals surface area contributed by atoms with Crippen LogP contribution in [0.15, 0.2) is 47.0 Å². The normalized spacial score (nSPS) is 16.8. The molecule has 2 aromatic heterocycles. The second kappa shape index (κ2) is 11.1. The van der Waals surface area contributed by atoms with E-state index in [0.717, 1.165) is 44.8 Å². The highest BCUT2D eigenvalue weighted by atomic mass is 19.1. The van der Waals surface area contributed by atoms with Gasteiger partial charge in [-0.15, -0.1) is 0 Å². The lowest BCUT2D eigenvalue weighted by molar-refractivity contribution is -0.0631. The summed E-state index contributed by atoms with van der Waals surface area (Å²) in [6.07, 6.45) is 0.954. The summed E-state index contributed by atoms with van der Waals surface area (Å²) in [7, 11) is 1.56. The van der Waals surface area contributed by atoms with Crippen molar-refractivity contribution >= 4 is 16.8 Å². The molecule has 10 nitrogen and oxygen atoms in total. The Morgan fingerprint density at radius 1 is 1.10 bits per heavy atom. The molecule has 1 amide bonds. The molecule has 204 valence electrons. The lowest BCUT2D eigenvalue weighted by Crippen LogP contribution is -2.50. The lowest BCUT2D eigenvalue weighted by Gasteiger charge is -2.36. The molecular formula is C28H30FN5O5. The van der Waals surface area contributed by atoms with Crippen LogP contribution in [-0.4, -0.2) is 96.8 Å². The van der Waals surface area contributed by atoms with E-state index in [1.165, 1.54) is 6.07 Å². The van der Waals surface area contributed by atoms with Gasteiger partial charge in [-0.2, -0.15) is 5.10 Å². The molecule has 2 fully saturated rings. The number of aromatic amines is 1. The number of nitrogens with zero attached hydrogens (tertiary/aromatic N) is 4. The molecule has 11 heteroatoms. The monoisotopic (exact) mass is 535 g/mol. The van der Waals surface area contributed by atoms with E-state index in [1.807, 2.05) is 29.2 Å². The fraction of sp³-hybridized carbons (Fsp3) is 0.393.